The van der Waals surface area contributed by atoms with Gasteiger partial charge in [0.05, 0.1) is 6.04 Å². The highest BCUT2D eigenvalue weighted by atomic mass is 19.1. The van der Waals surface area contributed by atoms with Crippen molar-refractivity contribution in [2.24, 2.45) is 11.7 Å². The van der Waals surface area contributed by atoms with Crippen molar-refractivity contribution in [2.45, 2.75) is 32.4 Å². The summed E-state index contributed by atoms with van der Waals surface area (Å²) in [5.74, 6) is -2.23. The predicted octanol–water partition coefficient (Wildman–Crippen LogP) is 0.921. The van der Waals surface area contributed by atoms with Crippen molar-refractivity contribution < 1.29 is 19.1 Å². The van der Waals surface area contributed by atoms with Crippen molar-refractivity contribution in [3.05, 3.63) is 35.6 Å². The summed E-state index contributed by atoms with van der Waals surface area (Å²) in [5.41, 5.74) is 6.45. The number of benzene rings is 1. The smallest absolute Gasteiger partial charge is 0.326 e. The quantitative estimate of drug-likeness (QED) is 0.723. The van der Waals surface area contributed by atoms with Crippen LogP contribution in [0, 0.1) is 11.7 Å². The summed E-state index contributed by atoms with van der Waals surface area (Å²) in [6.07, 6.45) is 0.219. The van der Waals surface area contributed by atoms with Gasteiger partial charge in [-0.3, -0.25) is 4.79 Å². The summed E-state index contributed by atoms with van der Waals surface area (Å²) in [4.78, 5) is 22.9. The van der Waals surface area contributed by atoms with Crippen LogP contribution in [0.2, 0.25) is 0 Å². The van der Waals surface area contributed by atoms with Gasteiger partial charge >= 0.3 is 5.97 Å². The Labute approximate surface area is 117 Å². The molecule has 0 aromatic heterocycles. The average molecular weight is 282 g/mol. The number of nitrogens with two attached hydrogens (primary N) is 1. The Bertz CT molecular complexity index is 474. The molecule has 5 nitrogen and oxygen atoms in total. The predicted molar refractivity (Wildman–Crippen MR) is 72.5 cm³/mol. The van der Waals surface area contributed by atoms with E-state index in [1.54, 1.807) is 26.0 Å². The molecule has 0 saturated carbocycles. The maximum absolute atomic E-state index is 12.8. The lowest BCUT2D eigenvalue weighted by Crippen LogP contribution is -2.51. The molecule has 2 unspecified atom stereocenters. The fourth-order valence-corrected chi connectivity index (χ4v) is 1.74. The molecule has 1 aromatic rings. The molecule has 0 aliphatic heterocycles. The first kappa shape index (κ1) is 16.1. The van der Waals surface area contributed by atoms with Gasteiger partial charge in [0.15, 0.2) is 0 Å². The maximum atomic E-state index is 12.8. The minimum absolute atomic E-state index is 0.219. The summed E-state index contributed by atoms with van der Waals surface area (Å²) in [7, 11) is 0. The fraction of sp³-hybridized carbons (Fsp3) is 0.429. The first-order chi connectivity index (χ1) is 9.31. The highest BCUT2D eigenvalue weighted by Crippen LogP contribution is 2.06. The van der Waals surface area contributed by atoms with E-state index in [4.69, 9.17) is 10.8 Å². The van der Waals surface area contributed by atoms with Crippen LogP contribution in [0.25, 0.3) is 0 Å². The number of hydrogen-bond acceptors (Lipinski definition) is 3. The molecule has 6 heteroatoms. The summed E-state index contributed by atoms with van der Waals surface area (Å²) in [6, 6.07) is 3.81. The van der Waals surface area contributed by atoms with E-state index in [0.717, 1.165) is 0 Å². The van der Waals surface area contributed by atoms with Crippen LogP contribution in [0.3, 0.4) is 0 Å². The number of aliphatic carboxylic acids is 1. The Morgan fingerprint density at radius 1 is 1.30 bits per heavy atom. The number of amides is 1. The first-order valence-electron chi connectivity index (χ1n) is 6.34. The number of halogens is 1. The van der Waals surface area contributed by atoms with Crippen LogP contribution in [0.15, 0.2) is 24.3 Å². The zero-order chi connectivity index (χ0) is 15.3. The van der Waals surface area contributed by atoms with Gasteiger partial charge in [0.25, 0.3) is 0 Å². The molecule has 0 radical (unpaired) electrons. The average Bonchev–Trinajstić information content (AvgIpc) is 2.37. The summed E-state index contributed by atoms with van der Waals surface area (Å²) < 4.78 is 12.8. The van der Waals surface area contributed by atoms with E-state index in [0.29, 0.717) is 5.56 Å². The van der Waals surface area contributed by atoms with E-state index in [-0.39, 0.29) is 18.2 Å². The molecular formula is C14H19FN2O3. The summed E-state index contributed by atoms with van der Waals surface area (Å²) in [5, 5.41) is 11.4. The van der Waals surface area contributed by atoms with Crippen molar-refractivity contribution in [3.63, 3.8) is 0 Å². The Morgan fingerprint density at radius 3 is 2.30 bits per heavy atom. The van der Waals surface area contributed by atoms with Crippen LogP contribution in [-0.2, 0) is 16.0 Å². The van der Waals surface area contributed by atoms with Gasteiger partial charge in [-0.1, -0.05) is 26.0 Å². The number of carbonyl (C=O) groups is 2. The van der Waals surface area contributed by atoms with Crippen LogP contribution in [0.1, 0.15) is 19.4 Å². The number of rotatable bonds is 6. The van der Waals surface area contributed by atoms with Crippen LogP contribution in [0.5, 0.6) is 0 Å². The molecule has 0 bridgehead atoms. The van der Waals surface area contributed by atoms with Gasteiger partial charge < -0.3 is 16.2 Å². The van der Waals surface area contributed by atoms with Crippen molar-refractivity contribution in [1.29, 1.82) is 0 Å². The summed E-state index contributed by atoms with van der Waals surface area (Å²) in [6.45, 7) is 3.40. The number of hydrogen-bond donors (Lipinski definition) is 3. The third kappa shape index (κ3) is 4.62. The van der Waals surface area contributed by atoms with Gasteiger partial charge in [-0.05, 0) is 30.0 Å². The van der Waals surface area contributed by atoms with Gasteiger partial charge in [-0.15, -0.1) is 0 Å². The largest absolute Gasteiger partial charge is 0.480 e. The Kier molecular flexibility index (Phi) is 5.64. The van der Waals surface area contributed by atoms with E-state index >= 15 is 0 Å². The van der Waals surface area contributed by atoms with Gasteiger partial charge in [0, 0.05) is 0 Å². The number of carboxylic acids is 1. The van der Waals surface area contributed by atoms with Crippen molar-refractivity contribution in [2.75, 3.05) is 0 Å². The van der Waals surface area contributed by atoms with Crippen molar-refractivity contribution in [1.82, 2.24) is 5.32 Å². The van der Waals surface area contributed by atoms with E-state index in [2.05, 4.69) is 5.32 Å². The molecule has 2 atom stereocenters. The Balaban J connectivity index is 2.62. The zero-order valence-electron chi connectivity index (χ0n) is 11.5. The Hall–Kier alpha value is -1.95. The van der Waals surface area contributed by atoms with Gasteiger partial charge in [-0.2, -0.15) is 0 Å². The van der Waals surface area contributed by atoms with E-state index < -0.39 is 24.0 Å². The SMILES string of the molecule is CC(C)C(NC(=O)C(N)Cc1ccc(F)cc1)C(=O)O. The molecule has 1 aromatic carbocycles. The molecule has 1 rings (SSSR count). The second kappa shape index (κ2) is 7.00. The minimum atomic E-state index is -1.10. The van der Waals surface area contributed by atoms with Crippen molar-refractivity contribution in [3.8, 4) is 0 Å². The normalized spacial score (nSPS) is 13.8. The van der Waals surface area contributed by atoms with Gasteiger partial charge in [-0.25, -0.2) is 9.18 Å². The molecule has 0 fully saturated rings. The van der Waals surface area contributed by atoms with Crippen molar-refractivity contribution >= 4 is 11.9 Å². The lowest BCUT2D eigenvalue weighted by molar-refractivity contribution is -0.143. The topological polar surface area (TPSA) is 92.4 Å². The zero-order valence-corrected chi connectivity index (χ0v) is 11.5. The third-order valence-electron chi connectivity index (χ3n) is 2.94. The number of carboxylic acid groups (broad SMARTS) is 1. The molecule has 0 spiro atoms. The molecular weight excluding hydrogens is 263 g/mol. The van der Waals surface area contributed by atoms with Crippen LogP contribution in [-0.4, -0.2) is 29.1 Å². The van der Waals surface area contributed by atoms with E-state index in [1.807, 2.05) is 0 Å². The number of nitrogens with one attached hydrogen (secondary N) is 1. The Morgan fingerprint density at radius 2 is 1.85 bits per heavy atom. The lowest BCUT2D eigenvalue weighted by Gasteiger charge is -2.20. The van der Waals surface area contributed by atoms with Crippen LogP contribution < -0.4 is 11.1 Å². The lowest BCUT2D eigenvalue weighted by atomic mass is 10.0. The number of carbonyl (C=O) groups excluding carboxylic acids is 1. The molecule has 1 amide bonds. The monoisotopic (exact) mass is 282 g/mol. The summed E-state index contributed by atoms with van der Waals surface area (Å²) >= 11 is 0. The molecule has 4 N–H and O–H groups in total. The molecule has 0 heterocycles. The van der Waals surface area contributed by atoms with Gasteiger partial charge in [0.1, 0.15) is 11.9 Å². The molecule has 0 aliphatic carbocycles. The van der Waals surface area contributed by atoms with E-state index in [9.17, 15) is 14.0 Å². The molecule has 20 heavy (non-hydrogen) atoms. The molecule has 0 aliphatic rings. The second-order valence-electron chi connectivity index (χ2n) is 5.01. The standard InChI is InChI=1S/C14H19FN2O3/c1-8(2)12(14(19)20)17-13(18)11(16)7-9-3-5-10(15)6-4-9/h3-6,8,11-12H,7,16H2,1-2H3,(H,17,18)(H,19,20). The maximum Gasteiger partial charge on any atom is 0.326 e. The van der Waals surface area contributed by atoms with E-state index in [1.165, 1.54) is 12.1 Å². The molecule has 110 valence electrons. The highest BCUT2D eigenvalue weighted by molar-refractivity contribution is 5.87. The fourth-order valence-electron chi connectivity index (χ4n) is 1.74. The molecule has 0 saturated heterocycles. The van der Waals surface area contributed by atoms with Crippen LogP contribution in [0.4, 0.5) is 4.39 Å². The minimum Gasteiger partial charge on any atom is -0.480 e. The van der Waals surface area contributed by atoms with Gasteiger partial charge in [0.2, 0.25) is 5.91 Å². The third-order valence-corrected chi connectivity index (χ3v) is 2.94. The highest BCUT2D eigenvalue weighted by Gasteiger charge is 2.25. The second-order valence-corrected chi connectivity index (χ2v) is 5.01. The van der Waals surface area contributed by atoms with Crippen LogP contribution >= 0.6 is 0 Å². The first-order valence-corrected chi connectivity index (χ1v) is 6.34.